The minimum atomic E-state index is -0.382. The first-order valence-corrected chi connectivity index (χ1v) is 20.8. The van der Waals surface area contributed by atoms with Gasteiger partial charge in [-0.25, -0.2) is 15.0 Å². The molecule has 1 heterocycles. The molecule has 10 aromatic rings. The van der Waals surface area contributed by atoms with Gasteiger partial charge in [0.15, 0.2) is 17.5 Å². The van der Waals surface area contributed by atoms with E-state index in [1.807, 2.05) is 24.3 Å². The highest BCUT2D eigenvalue weighted by Gasteiger charge is 2.51. The van der Waals surface area contributed by atoms with Crippen LogP contribution < -0.4 is 0 Å². The van der Waals surface area contributed by atoms with E-state index in [0.717, 1.165) is 33.4 Å². The van der Waals surface area contributed by atoms with Crippen LogP contribution in [0.2, 0.25) is 0 Å². The fourth-order valence-corrected chi connectivity index (χ4v) is 9.76. The Labute approximate surface area is 355 Å². The predicted molar refractivity (Wildman–Crippen MR) is 249 cm³/mol. The molecule has 12 rings (SSSR count). The molecule has 1 aromatic heterocycles. The van der Waals surface area contributed by atoms with Gasteiger partial charge in [0.05, 0.1) is 5.41 Å². The molecule has 9 aromatic carbocycles. The van der Waals surface area contributed by atoms with Crippen molar-refractivity contribution in [3.05, 3.63) is 247 Å². The van der Waals surface area contributed by atoms with Crippen molar-refractivity contribution in [1.29, 1.82) is 0 Å². The van der Waals surface area contributed by atoms with Crippen LogP contribution in [0.1, 0.15) is 22.3 Å². The van der Waals surface area contributed by atoms with Crippen LogP contribution >= 0.6 is 0 Å². The molecule has 0 radical (unpaired) electrons. The largest absolute Gasteiger partial charge is 0.208 e. The summed E-state index contributed by atoms with van der Waals surface area (Å²) in [5, 5.41) is 0. The Bertz CT molecular complexity index is 3220. The molecular formula is C58H37N3. The summed E-state index contributed by atoms with van der Waals surface area (Å²) in [6.07, 6.45) is 0. The molecule has 2 aliphatic rings. The lowest BCUT2D eigenvalue weighted by Crippen LogP contribution is -2.25. The Kier molecular flexibility index (Phi) is 8.07. The molecule has 0 N–H and O–H groups in total. The summed E-state index contributed by atoms with van der Waals surface area (Å²) in [5.41, 5.74) is 20.0. The van der Waals surface area contributed by atoms with Crippen molar-refractivity contribution < 1.29 is 0 Å². The van der Waals surface area contributed by atoms with E-state index in [9.17, 15) is 0 Å². The zero-order chi connectivity index (χ0) is 40.3. The molecule has 284 valence electrons. The number of aromatic nitrogens is 3. The molecule has 0 saturated heterocycles. The highest BCUT2D eigenvalue weighted by molar-refractivity contribution is 5.96. The van der Waals surface area contributed by atoms with E-state index in [1.165, 1.54) is 61.2 Å². The van der Waals surface area contributed by atoms with Gasteiger partial charge in [-0.15, -0.1) is 0 Å². The highest BCUT2D eigenvalue weighted by atomic mass is 15.0. The molecule has 0 bridgehead atoms. The summed E-state index contributed by atoms with van der Waals surface area (Å²) in [6.45, 7) is 0. The van der Waals surface area contributed by atoms with Gasteiger partial charge in [-0.2, -0.15) is 0 Å². The lowest BCUT2D eigenvalue weighted by atomic mass is 9.70. The zero-order valence-electron chi connectivity index (χ0n) is 33.2. The average molecular weight is 776 g/mol. The van der Waals surface area contributed by atoms with Crippen LogP contribution in [0, 0.1) is 0 Å². The number of hydrogen-bond acceptors (Lipinski definition) is 3. The van der Waals surface area contributed by atoms with Gasteiger partial charge in [-0.05, 0) is 90.0 Å². The second-order valence-electron chi connectivity index (χ2n) is 15.9. The summed E-state index contributed by atoms with van der Waals surface area (Å²) in [7, 11) is 0. The van der Waals surface area contributed by atoms with E-state index in [2.05, 4.69) is 200 Å². The standard InChI is InChI=1S/C58H37N3/c1-3-14-38(15-4-1)39-26-28-40(29-27-39)44-18-13-19-46(36-44)57-60-55(42-16-5-2-6-17-42)59-56(61-57)43-32-30-41(31-33-43)45-34-35-50-49-22-9-12-25-53(49)58(54(50)37-45)51-23-10-7-20-47(51)48-21-8-11-24-52(48)58/h1-37H. The first-order chi connectivity index (χ1) is 30.2. The fraction of sp³-hybridized carbons (Fsp3) is 0.0172. The second kappa shape index (κ2) is 14.1. The summed E-state index contributed by atoms with van der Waals surface area (Å²) >= 11 is 0. The quantitative estimate of drug-likeness (QED) is 0.169. The average Bonchev–Trinajstić information content (AvgIpc) is 3.82. The van der Waals surface area contributed by atoms with Crippen LogP contribution in [0.15, 0.2) is 224 Å². The van der Waals surface area contributed by atoms with Crippen molar-refractivity contribution >= 4 is 0 Å². The highest BCUT2D eigenvalue weighted by Crippen LogP contribution is 2.63. The van der Waals surface area contributed by atoms with E-state index in [4.69, 9.17) is 15.0 Å². The van der Waals surface area contributed by atoms with Crippen LogP contribution in [0.4, 0.5) is 0 Å². The van der Waals surface area contributed by atoms with Crippen LogP contribution in [-0.4, -0.2) is 15.0 Å². The number of fused-ring (bicyclic) bond motifs is 10. The molecule has 0 amide bonds. The third-order valence-electron chi connectivity index (χ3n) is 12.6. The maximum absolute atomic E-state index is 5.13. The molecular weight excluding hydrogens is 739 g/mol. The van der Waals surface area contributed by atoms with Crippen molar-refractivity contribution in [1.82, 2.24) is 15.0 Å². The van der Waals surface area contributed by atoms with Crippen molar-refractivity contribution in [2.24, 2.45) is 0 Å². The molecule has 3 heteroatoms. The topological polar surface area (TPSA) is 38.7 Å². The van der Waals surface area contributed by atoms with Crippen LogP contribution in [-0.2, 0) is 5.41 Å². The van der Waals surface area contributed by atoms with Gasteiger partial charge >= 0.3 is 0 Å². The molecule has 61 heavy (non-hydrogen) atoms. The number of rotatable bonds is 6. The van der Waals surface area contributed by atoms with Gasteiger partial charge in [0.2, 0.25) is 0 Å². The first-order valence-electron chi connectivity index (χ1n) is 20.8. The van der Waals surface area contributed by atoms with Gasteiger partial charge in [-0.3, -0.25) is 0 Å². The first kappa shape index (κ1) is 35.0. The SMILES string of the molecule is c1ccc(-c2ccc(-c3cccc(-c4nc(-c5ccccc5)nc(-c5ccc(-c6ccc7c(c6)C6(c8ccccc8-c8ccccc86)c6ccccc6-7)cc5)n4)c3)cc2)cc1. The molecule has 0 fully saturated rings. The van der Waals surface area contributed by atoms with Crippen molar-refractivity contribution in [2.75, 3.05) is 0 Å². The van der Waals surface area contributed by atoms with E-state index in [1.54, 1.807) is 0 Å². The Hall–Kier alpha value is -8.01. The van der Waals surface area contributed by atoms with Crippen LogP contribution in [0.3, 0.4) is 0 Å². The number of nitrogens with zero attached hydrogens (tertiary/aromatic N) is 3. The monoisotopic (exact) mass is 775 g/mol. The third kappa shape index (κ3) is 5.62. The van der Waals surface area contributed by atoms with Gasteiger partial charge in [0, 0.05) is 16.7 Å². The summed E-state index contributed by atoms with van der Waals surface area (Å²) in [5.74, 6) is 1.91. The van der Waals surface area contributed by atoms with Gasteiger partial charge < -0.3 is 0 Å². The number of benzene rings is 9. The van der Waals surface area contributed by atoms with Crippen molar-refractivity contribution in [3.8, 4) is 89.8 Å². The molecule has 3 nitrogen and oxygen atoms in total. The zero-order valence-corrected chi connectivity index (χ0v) is 33.2. The van der Waals surface area contributed by atoms with Gasteiger partial charge in [0.25, 0.3) is 0 Å². The van der Waals surface area contributed by atoms with Gasteiger partial charge in [0.1, 0.15) is 0 Å². The Morgan fingerprint density at radius 3 is 1.08 bits per heavy atom. The molecule has 1 spiro atoms. The van der Waals surface area contributed by atoms with Crippen LogP contribution in [0.25, 0.3) is 89.8 Å². The van der Waals surface area contributed by atoms with E-state index in [0.29, 0.717) is 17.5 Å². The second-order valence-corrected chi connectivity index (χ2v) is 15.9. The van der Waals surface area contributed by atoms with Crippen molar-refractivity contribution in [2.45, 2.75) is 5.41 Å². The Morgan fingerprint density at radius 2 is 0.541 bits per heavy atom. The minimum Gasteiger partial charge on any atom is -0.208 e. The smallest absolute Gasteiger partial charge is 0.164 e. The van der Waals surface area contributed by atoms with Crippen molar-refractivity contribution in [3.63, 3.8) is 0 Å². The fourth-order valence-electron chi connectivity index (χ4n) is 9.76. The lowest BCUT2D eigenvalue weighted by Gasteiger charge is -2.30. The molecule has 0 aliphatic heterocycles. The molecule has 0 unspecified atom stereocenters. The molecule has 0 atom stereocenters. The maximum Gasteiger partial charge on any atom is 0.164 e. The Morgan fingerprint density at radius 1 is 0.213 bits per heavy atom. The third-order valence-corrected chi connectivity index (χ3v) is 12.6. The lowest BCUT2D eigenvalue weighted by molar-refractivity contribution is 0.794. The van der Waals surface area contributed by atoms with E-state index < -0.39 is 0 Å². The minimum absolute atomic E-state index is 0.382. The van der Waals surface area contributed by atoms with E-state index >= 15 is 0 Å². The van der Waals surface area contributed by atoms with E-state index in [-0.39, 0.29) is 5.41 Å². The Balaban J connectivity index is 0.928. The maximum atomic E-state index is 5.13. The molecule has 0 saturated carbocycles. The summed E-state index contributed by atoms with van der Waals surface area (Å²) < 4.78 is 0. The number of hydrogen-bond donors (Lipinski definition) is 0. The summed E-state index contributed by atoms with van der Waals surface area (Å²) in [4.78, 5) is 15.2. The molecule has 2 aliphatic carbocycles. The van der Waals surface area contributed by atoms with Crippen LogP contribution in [0.5, 0.6) is 0 Å². The van der Waals surface area contributed by atoms with Gasteiger partial charge in [-0.1, -0.05) is 212 Å². The normalized spacial score (nSPS) is 12.7. The summed E-state index contributed by atoms with van der Waals surface area (Å²) in [6, 6.07) is 80.5. The predicted octanol–water partition coefficient (Wildman–Crippen LogP) is 14.2.